The first kappa shape index (κ1) is 14.1. The van der Waals surface area contributed by atoms with Gasteiger partial charge in [-0.1, -0.05) is 0 Å². The fourth-order valence-corrected chi connectivity index (χ4v) is 1.57. The van der Waals surface area contributed by atoms with Crippen LogP contribution in [0.3, 0.4) is 0 Å². The first-order valence-electron chi connectivity index (χ1n) is 3.98. The SMILES string of the molecule is CCOc1ccc(S(=O)[O-])c(C)c1.[Na+]. The van der Waals surface area contributed by atoms with Crippen LogP contribution in [0.25, 0.3) is 0 Å². The van der Waals surface area contributed by atoms with E-state index in [1.165, 1.54) is 0 Å². The largest absolute Gasteiger partial charge is 1.00 e. The van der Waals surface area contributed by atoms with Crippen molar-refractivity contribution in [1.29, 1.82) is 0 Å². The molecule has 1 atom stereocenters. The van der Waals surface area contributed by atoms with E-state index < -0.39 is 11.1 Å². The molecule has 0 amide bonds. The second-order valence-corrected chi connectivity index (χ2v) is 3.50. The number of rotatable bonds is 3. The van der Waals surface area contributed by atoms with Gasteiger partial charge in [0, 0.05) is 4.90 Å². The van der Waals surface area contributed by atoms with Crippen LogP contribution in [0, 0.1) is 6.92 Å². The van der Waals surface area contributed by atoms with Crippen LogP contribution in [0.1, 0.15) is 12.5 Å². The van der Waals surface area contributed by atoms with Gasteiger partial charge in [0.1, 0.15) is 5.75 Å². The second kappa shape index (κ2) is 6.58. The van der Waals surface area contributed by atoms with E-state index in [9.17, 15) is 8.76 Å². The molecule has 72 valence electrons. The molecule has 1 aromatic rings. The molecule has 0 aliphatic carbocycles. The van der Waals surface area contributed by atoms with E-state index in [1.54, 1.807) is 25.1 Å². The van der Waals surface area contributed by atoms with E-state index in [1.807, 2.05) is 6.92 Å². The van der Waals surface area contributed by atoms with E-state index in [2.05, 4.69) is 0 Å². The Hall–Kier alpha value is 0.130. The number of hydrogen-bond acceptors (Lipinski definition) is 3. The summed E-state index contributed by atoms with van der Waals surface area (Å²) in [6.07, 6.45) is 0. The van der Waals surface area contributed by atoms with Crippen molar-refractivity contribution in [2.75, 3.05) is 6.61 Å². The molecular weight excluding hydrogens is 211 g/mol. The van der Waals surface area contributed by atoms with Crippen LogP contribution in [0.4, 0.5) is 0 Å². The van der Waals surface area contributed by atoms with Gasteiger partial charge in [0.2, 0.25) is 0 Å². The molecule has 3 nitrogen and oxygen atoms in total. The first-order chi connectivity index (χ1) is 6.15. The third-order valence-electron chi connectivity index (χ3n) is 1.64. The quantitative estimate of drug-likeness (QED) is 0.468. The minimum absolute atomic E-state index is 0. The fourth-order valence-electron chi connectivity index (χ4n) is 1.07. The summed E-state index contributed by atoms with van der Waals surface area (Å²) in [6, 6.07) is 4.92. The Morgan fingerprint density at radius 3 is 2.57 bits per heavy atom. The summed E-state index contributed by atoms with van der Waals surface area (Å²) in [4.78, 5) is 0.323. The molecule has 0 bridgehead atoms. The van der Waals surface area contributed by atoms with Crippen molar-refractivity contribution in [2.24, 2.45) is 0 Å². The Labute approximate surface area is 108 Å². The van der Waals surface area contributed by atoms with E-state index in [4.69, 9.17) is 4.74 Å². The molecule has 0 saturated heterocycles. The molecule has 1 unspecified atom stereocenters. The average Bonchev–Trinajstić information content (AvgIpc) is 2.04. The van der Waals surface area contributed by atoms with Gasteiger partial charge in [0.05, 0.1) is 6.61 Å². The van der Waals surface area contributed by atoms with Gasteiger partial charge >= 0.3 is 29.6 Å². The third kappa shape index (κ3) is 3.71. The van der Waals surface area contributed by atoms with Gasteiger partial charge in [0.15, 0.2) is 0 Å². The Morgan fingerprint density at radius 2 is 2.14 bits per heavy atom. The molecule has 1 aromatic carbocycles. The van der Waals surface area contributed by atoms with Crippen LogP contribution in [0.5, 0.6) is 5.75 Å². The minimum atomic E-state index is -2.16. The summed E-state index contributed by atoms with van der Waals surface area (Å²) < 4.78 is 26.5. The molecule has 0 aliphatic rings. The molecular formula is C9H11NaO3S. The van der Waals surface area contributed by atoms with Crippen molar-refractivity contribution in [1.82, 2.24) is 0 Å². The monoisotopic (exact) mass is 222 g/mol. The molecule has 0 radical (unpaired) electrons. The molecule has 0 fully saturated rings. The van der Waals surface area contributed by atoms with E-state index >= 15 is 0 Å². The number of ether oxygens (including phenoxy) is 1. The summed E-state index contributed by atoms with van der Waals surface area (Å²) in [7, 11) is 0. The maximum absolute atomic E-state index is 10.7. The maximum atomic E-state index is 10.7. The Morgan fingerprint density at radius 1 is 1.50 bits per heavy atom. The predicted octanol–water partition coefficient (Wildman–Crippen LogP) is -1.36. The van der Waals surface area contributed by atoms with Gasteiger partial charge in [-0.15, -0.1) is 0 Å². The standard InChI is InChI=1S/C9H12O3S.Na/c1-3-12-8-4-5-9(13(10)11)7(2)6-8;/h4-6H,3H2,1-2H3,(H,10,11);/q;+1/p-1. The minimum Gasteiger partial charge on any atom is -0.768 e. The molecule has 1 rings (SSSR count). The summed E-state index contributed by atoms with van der Waals surface area (Å²) >= 11 is -2.16. The van der Waals surface area contributed by atoms with Crippen molar-refractivity contribution >= 4 is 11.1 Å². The smallest absolute Gasteiger partial charge is 0.768 e. The summed E-state index contributed by atoms with van der Waals surface area (Å²) in [5.74, 6) is 0.703. The average molecular weight is 222 g/mol. The van der Waals surface area contributed by atoms with Crippen molar-refractivity contribution in [2.45, 2.75) is 18.7 Å². The van der Waals surface area contributed by atoms with Crippen molar-refractivity contribution in [3.63, 3.8) is 0 Å². The zero-order valence-corrected chi connectivity index (χ0v) is 11.4. The molecule has 0 saturated carbocycles. The Kier molecular flexibility index (Phi) is 6.64. The van der Waals surface area contributed by atoms with E-state index in [-0.39, 0.29) is 29.6 Å². The van der Waals surface area contributed by atoms with E-state index in [0.717, 1.165) is 0 Å². The zero-order valence-electron chi connectivity index (χ0n) is 8.57. The van der Waals surface area contributed by atoms with Crippen LogP contribution in [0.15, 0.2) is 23.1 Å². The topological polar surface area (TPSA) is 49.4 Å². The molecule has 5 heteroatoms. The van der Waals surface area contributed by atoms with Gasteiger partial charge in [0.25, 0.3) is 0 Å². The van der Waals surface area contributed by atoms with Gasteiger partial charge in [-0.25, -0.2) is 0 Å². The number of aryl methyl sites for hydroxylation is 1. The molecule has 0 N–H and O–H groups in total. The second-order valence-electron chi connectivity index (χ2n) is 2.60. The summed E-state index contributed by atoms with van der Waals surface area (Å²) in [5.41, 5.74) is 0.708. The third-order valence-corrected chi connectivity index (χ3v) is 2.45. The summed E-state index contributed by atoms with van der Waals surface area (Å²) in [6.45, 7) is 4.21. The molecule has 0 heterocycles. The van der Waals surface area contributed by atoms with Gasteiger partial charge in [-0.3, -0.25) is 4.21 Å². The summed E-state index contributed by atoms with van der Waals surface area (Å²) in [5, 5.41) is 0. The van der Waals surface area contributed by atoms with E-state index in [0.29, 0.717) is 22.8 Å². The van der Waals surface area contributed by atoms with Crippen molar-refractivity contribution < 1.29 is 43.1 Å². The maximum Gasteiger partial charge on any atom is 1.00 e. The van der Waals surface area contributed by atoms with Gasteiger partial charge in [-0.2, -0.15) is 0 Å². The van der Waals surface area contributed by atoms with Crippen LogP contribution >= 0.6 is 0 Å². The predicted molar refractivity (Wildman–Crippen MR) is 49.5 cm³/mol. The van der Waals surface area contributed by atoms with Crippen LogP contribution < -0.4 is 34.3 Å². The molecule has 0 spiro atoms. The first-order valence-corrected chi connectivity index (χ1v) is 5.05. The molecule has 14 heavy (non-hydrogen) atoms. The van der Waals surface area contributed by atoms with Crippen molar-refractivity contribution in [3.8, 4) is 5.75 Å². The Balaban J connectivity index is 0.00000169. The zero-order chi connectivity index (χ0) is 9.84. The number of hydrogen-bond donors (Lipinski definition) is 0. The van der Waals surface area contributed by atoms with Crippen LogP contribution in [-0.4, -0.2) is 15.4 Å². The van der Waals surface area contributed by atoms with Gasteiger partial charge in [-0.05, 0) is 48.7 Å². The number of benzene rings is 1. The Bertz CT molecular complexity index is 328. The van der Waals surface area contributed by atoms with Crippen LogP contribution in [-0.2, 0) is 11.1 Å². The van der Waals surface area contributed by atoms with Crippen molar-refractivity contribution in [3.05, 3.63) is 23.8 Å². The molecule has 0 aromatic heterocycles. The van der Waals surface area contributed by atoms with Gasteiger partial charge < -0.3 is 9.29 Å². The normalized spacial score (nSPS) is 11.6. The molecule has 0 aliphatic heterocycles. The van der Waals surface area contributed by atoms with Crippen LogP contribution in [0.2, 0.25) is 0 Å². The fraction of sp³-hybridized carbons (Fsp3) is 0.333.